The topological polar surface area (TPSA) is 63.2 Å². The van der Waals surface area contributed by atoms with Crippen LogP contribution in [0.4, 0.5) is 0 Å². The van der Waals surface area contributed by atoms with Gasteiger partial charge in [-0.25, -0.2) is 0 Å². The summed E-state index contributed by atoms with van der Waals surface area (Å²) in [5.74, 6) is 0.0952. The van der Waals surface area contributed by atoms with Gasteiger partial charge in [-0.3, -0.25) is 4.79 Å². The fraction of sp³-hybridized carbons (Fsp3) is 0.963. The van der Waals surface area contributed by atoms with Crippen LogP contribution >= 0.6 is 0 Å². The van der Waals surface area contributed by atoms with Gasteiger partial charge in [0.2, 0.25) is 0 Å². The van der Waals surface area contributed by atoms with Crippen LogP contribution < -0.4 is 0 Å². The van der Waals surface area contributed by atoms with Crippen molar-refractivity contribution in [1.29, 1.82) is 0 Å². The number of rotatable bonds is 8. The Bertz CT molecular complexity index is 574. The quantitative estimate of drug-likeness (QED) is 0.407. The van der Waals surface area contributed by atoms with Crippen LogP contribution in [0, 0.1) is 16.7 Å². The molecular weight excluding hydrogens is 420 g/mol. The van der Waals surface area contributed by atoms with Gasteiger partial charge in [-0.1, -0.05) is 34.6 Å². The van der Waals surface area contributed by atoms with Crippen LogP contribution in [0.3, 0.4) is 0 Å². The van der Waals surface area contributed by atoms with Gasteiger partial charge in [-0.2, -0.15) is 0 Å². The molecule has 0 N–H and O–H groups in total. The third kappa shape index (κ3) is 8.19. The number of carbonyl (C=O) groups is 1. The van der Waals surface area contributed by atoms with E-state index in [-0.39, 0.29) is 48.2 Å². The molecule has 5 atom stereocenters. The van der Waals surface area contributed by atoms with Crippen molar-refractivity contribution in [2.45, 2.75) is 137 Å². The molecule has 0 spiro atoms. The highest BCUT2D eigenvalue weighted by atomic mass is 16.7. The molecule has 6 nitrogen and oxygen atoms in total. The fourth-order valence-corrected chi connectivity index (χ4v) is 5.45. The monoisotopic (exact) mass is 468 g/mol. The highest BCUT2D eigenvalue weighted by molar-refractivity contribution is 5.77. The first-order valence-electron chi connectivity index (χ1n) is 13.3. The zero-order valence-electron chi connectivity index (χ0n) is 21.9. The van der Waals surface area contributed by atoms with Crippen LogP contribution in [0.25, 0.3) is 0 Å². The zero-order valence-corrected chi connectivity index (χ0v) is 21.9. The summed E-state index contributed by atoms with van der Waals surface area (Å²) < 4.78 is 30.6. The van der Waals surface area contributed by atoms with Crippen molar-refractivity contribution < 1.29 is 28.5 Å². The van der Waals surface area contributed by atoms with Crippen LogP contribution in [0.1, 0.15) is 106 Å². The smallest absolute Gasteiger partial charge is 0.312 e. The molecule has 0 bridgehead atoms. The first-order chi connectivity index (χ1) is 15.5. The molecule has 0 aromatic heterocycles. The maximum atomic E-state index is 13.5. The largest absolute Gasteiger partial charge is 0.462 e. The SMILES string of the molecule is CC(C)C(C)(CC(C)(C)C)C(=O)OC1CC(OC2CCCCO2)CC(OC2CCCCO2)C1. The van der Waals surface area contributed by atoms with Gasteiger partial charge < -0.3 is 23.7 Å². The van der Waals surface area contributed by atoms with E-state index in [0.717, 1.165) is 64.6 Å². The lowest BCUT2D eigenvalue weighted by Gasteiger charge is -2.41. The van der Waals surface area contributed by atoms with E-state index in [1.165, 1.54) is 0 Å². The predicted molar refractivity (Wildman–Crippen MR) is 128 cm³/mol. The molecule has 2 heterocycles. The predicted octanol–water partition coefficient (Wildman–Crippen LogP) is 6.00. The van der Waals surface area contributed by atoms with Gasteiger partial charge in [0.15, 0.2) is 12.6 Å². The summed E-state index contributed by atoms with van der Waals surface area (Å²) in [5, 5.41) is 0. The van der Waals surface area contributed by atoms with E-state index in [2.05, 4.69) is 41.5 Å². The highest BCUT2D eigenvalue weighted by Gasteiger charge is 2.44. The van der Waals surface area contributed by atoms with E-state index in [0.29, 0.717) is 12.8 Å². The Morgan fingerprint density at radius 2 is 1.30 bits per heavy atom. The molecule has 0 aromatic carbocycles. The molecular formula is C27H48O6. The van der Waals surface area contributed by atoms with E-state index in [4.69, 9.17) is 23.7 Å². The van der Waals surface area contributed by atoms with Crippen molar-refractivity contribution in [1.82, 2.24) is 0 Å². The molecule has 0 radical (unpaired) electrons. The third-order valence-electron chi connectivity index (χ3n) is 7.45. The van der Waals surface area contributed by atoms with E-state index < -0.39 is 5.41 Å². The minimum absolute atomic E-state index is 0.0402. The molecule has 0 aromatic rings. The summed E-state index contributed by atoms with van der Waals surface area (Å²) in [6.45, 7) is 14.4. The lowest BCUT2D eigenvalue weighted by molar-refractivity contribution is -0.235. The van der Waals surface area contributed by atoms with Gasteiger partial charge >= 0.3 is 5.97 Å². The van der Waals surface area contributed by atoms with Crippen molar-refractivity contribution in [2.75, 3.05) is 13.2 Å². The second-order valence-electron chi connectivity index (χ2n) is 12.2. The molecule has 192 valence electrons. The first kappa shape index (κ1) is 26.9. The van der Waals surface area contributed by atoms with Gasteiger partial charge in [0, 0.05) is 32.5 Å². The zero-order chi connectivity index (χ0) is 24.1. The van der Waals surface area contributed by atoms with E-state index in [1.807, 2.05) is 0 Å². The Kier molecular flexibility index (Phi) is 9.65. The summed E-state index contributed by atoms with van der Waals surface area (Å²) in [6, 6.07) is 0. The molecule has 0 amide bonds. The first-order valence-corrected chi connectivity index (χ1v) is 13.3. The molecule has 3 rings (SSSR count). The normalized spacial score (nSPS) is 33.5. The minimum Gasteiger partial charge on any atom is -0.462 e. The van der Waals surface area contributed by atoms with Gasteiger partial charge in [-0.05, 0) is 63.2 Å². The van der Waals surface area contributed by atoms with Crippen LogP contribution in [0.5, 0.6) is 0 Å². The summed E-state index contributed by atoms with van der Waals surface area (Å²) in [4.78, 5) is 13.5. The summed E-state index contributed by atoms with van der Waals surface area (Å²) in [5.41, 5.74) is -0.486. The standard InChI is InChI=1S/C27H48O6/c1-19(2)27(6,18-26(3,4)5)25(28)33-22-16-20(31-23-11-7-9-13-29-23)15-21(17-22)32-24-12-8-10-14-30-24/h19-24H,7-18H2,1-6H3. The van der Waals surface area contributed by atoms with Crippen LogP contribution in [-0.2, 0) is 28.5 Å². The fourth-order valence-electron chi connectivity index (χ4n) is 5.45. The number of ether oxygens (including phenoxy) is 5. The molecule has 3 fully saturated rings. The lowest BCUT2D eigenvalue weighted by atomic mass is 9.68. The summed E-state index contributed by atoms with van der Waals surface area (Å²) >= 11 is 0. The van der Waals surface area contributed by atoms with Gasteiger partial charge in [0.25, 0.3) is 0 Å². The van der Waals surface area contributed by atoms with Gasteiger partial charge in [0.05, 0.1) is 17.6 Å². The molecule has 1 saturated carbocycles. The van der Waals surface area contributed by atoms with E-state index in [9.17, 15) is 4.79 Å². The van der Waals surface area contributed by atoms with Crippen molar-refractivity contribution >= 4 is 5.97 Å². The Labute approximate surface area is 201 Å². The minimum atomic E-state index is -0.526. The Morgan fingerprint density at radius 1 is 0.818 bits per heavy atom. The average Bonchev–Trinajstić information content (AvgIpc) is 2.73. The highest BCUT2D eigenvalue weighted by Crippen LogP contribution is 2.41. The molecule has 2 aliphatic heterocycles. The molecule has 2 saturated heterocycles. The lowest BCUT2D eigenvalue weighted by Crippen LogP contribution is -2.45. The van der Waals surface area contributed by atoms with Crippen molar-refractivity contribution in [3.8, 4) is 0 Å². The summed E-state index contributed by atoms with van der Waals surface area (Å²) in [7, 11) is 0. The number of esters is 1. The average molecular weight is 469 g/mol. The van der Waals surface area contributed by atoms with Gasteiger partial charge in [-0.15, -0.1) is 0 Å². The van der Waals surface area contributed by atoms with Crippen molar-refractivity contribution in [3.63, 3.8) is 0 Å². The molecule has 33 heavy (non-hydrogen) atoms. The Hall–Kier alpha value is -0.690. The number of carbonyl (C=O) groups excluding carboxylic acids is 1. The second kappa shape index (κ2) is 11.8. The summed E-state index contributed by atoms with van der Waals surface area (Å²) in [6.07, 6.45) is 8.65. The number of hydrogen-bond donors (Lipinski definition) is 0. The molecule has 6 heteroatoms. The molecule has 5 unspecified atom stereocenters. The molecule has 3 aliphatic rings. The van der Waals surface area contributed by atoms with Gasteiger partial charge in [0.1, 0.15) is 6.10 Å². The molecule has 1 aliphatic carbocycles. The van der Waals surface area contributed by atoms with E-state index >= 15 is 0 Å². The maximum absolute atomic E-state index is 13.5. The van der Waals surface area contributed by atoms with Crippen LogP contribution in [0.2, 0.25) is 0 Å². The Balaban J connectivity index is 1.67. The Morgan fingerprint density at radius 3 is 1.70 bits per heavy atom. The van der Waals surface area contributed by atoms with E-state index in [1.54, 1.807) is 0 Å². The van der Waals surface area contributed by atoms with Crippen molar-refractivity contribution in [3.05, 3.63) is 0 Å². The maximum Gasteiger partial charge on any atom is 0.312 e. The number of hydrogen-bond acceptors (Lipinski definition) is 6. The van der Waals surface area contributed by atoms with Crippen molar-refractivity contribution in [2.24, 2.45) is 16.7 Å². The second-order valence-corrected chi connectivity index (χ2v) is 12.2. The van der Waals surface area contributed by atoms with Crippen LogP contribution in [-0.4, -0.2) is 50.1 Å². The third-order valence-corrected chi connectivity index (χ3v) is 7.45. The van der Waals surface area contributed by atoms with Crippen LogP contribution in [0.15, 0.2) is 0 Å².